The first-order chi connectivity index (χ1) is 6.40. The van der Waals surface area contributed by atoms with Gasteiger partial charge < -0.3 is 0 Å². The first-order valence-electron chi connectivity index (χ1n) is 4.72. The lowest BCUT2D eigenvalue weighted by atomic mass is 10.0. The molecule has 0 radical (unpaired) electrons. The van der Waals surface area contributed by atoms with Crippen molar-refractivity contribution in [3.63, 3.8) is 0 Å². The maximum atomic E-state index is 4.14. The van der Waals surface area contributed by atoms with Crippen molar-refractivity contribution in [2.45, 2.75) is 12.3 Å². The quantitative estimate of drug-likeness (QED) is 0.730. The van der Waals surface area contributed by atoms with Crippen LogP contribution in [-0.4, -0.2) is 30.1 Å². The molecule has 0 aliphatic carbocycles. The van der Waals surface area contributed by atoms with E-state index in [4.69, 9.17) is 0 Å². The van der Waals surface area contributed by atoms with E-state index in [1.165, 1.54) is 12.0 Å². The van der Waals surface area contributed by atoms with Gasteiger partial charge in [-0.1, -0.05) is 6.07 Å². The van der Waals surface area contributed by atoms with Crippen LogP contribution in [0.2, 0.25) is 0 Å². The summed E-state index contributed by atoms with van der Waals surface area (Å²) in [5, 5.41) is 2.25. The Bertz CT molecular complexity index is 260. The summed E-state index contributed by atoms with van der Waals surface area (Å²) >= 11 is 0. The minimum Gasteiger partial charge on any atom is -0.264 e. The fourth-order valence-corrected chi connectivity index (χ4v) is 1.85. The van der Waals surface area contributed by atoms with Crippen molar-refractivity contribution in [1.29, 1.82) is 0 Å². The fraction of sp³-hybridized carbons (Fsp3) is 0.500. The van der Waals surface area contributed by atoms with Crippen LogP contribution in [0.25, 0.3) is 0 Å². The SMILES string of the molecule is CNN1CC[C@H](c2cccnc2)C1. The minimum absolute atomic E-state index is 0.654. The molecule has 1 saturated heterocycles. The van der Waals surface area contributed by atoms with Gasteiger partial charge in [0.1, 0.15) is 0 Å². The van der Waals surface area contributed by atoms with Crippen LogP contribution >= 0.6 is 0 Å². The Balaban J connectivity index is 2.04. The highest BCUT2D eigenvalue weighted by atomic mass is 15.5. The van der Waals surface area contributed by atoms with E-state index in [1.807, 2.05) is 25.5 Å². The lowest BCUT2D eigenvalue weighted by Gasteiger charge is -2.13. The highest BCUT2D eigenvalue weighted by Gasteiger charge is 2.22. The summed E-state index contributed by atoms with van der Waals surface area (Å²) in [6.07, 6.45) is 5.03. The third-order valence-electron chi connectivity index (χ3n) is 2.66. The number of nitrogens with zero attached hydrogens (tertiary/aromatic N) is 2. The smallest absolute Gasteiger partial charge is 0.0303 e. The molecule has 2 heterocycles. The molecule has 0 aromatic carbocycles. The van der Waals surface area contributed by atoms with Gasteiger partial charge in [0, 0.05) is 31.4 Å². The zero-order valence-corrected chi connectivity index (χ0v) is 7.90. The monoisotopic (exact) mass is 177 g/mol. The maximum Gasteiger partial charge on any atom is 0.0303 e. The summed E-state index contributed by atoms with van der Waals surface area (Å²) in [4.78, 5) is 4.14. The van der Waals surface area contributed by atoms with Gasteiger partial charge >= 0.3 is 0 Å². The van der Waals surface area contributed by atoms with Crippen LogP contribution in [0.15, 0.2) is 24.5 Å². The molecule has 3 nitrogen and oxygen atoms in total. The van der Waals surface area contributed by atoms with E-state index in [0.717, 1.165) is 13.1 Å². The molecule has 2 rings (SSSR count). The molecule has 1 fully saturated rings. The number of pyridine rings is 1. The molecular weight excluding hydrogens is 162 g/mol. The van der Waals surface area contributed by atoms with Crippen LogP contribution in [0, 0.1) is 0 Å². The Labute approximate surface area is 78.7 Å². The second-order valence-corrected chi connectivity index (χ2v) is 3.44. The number of aromatic nitrogens is 1. The van der Waals surface area contributed by atoms with E-state index in [9.17, 15) is 0 Å². The Morgan fingerprint density at radius 3 is 3.15 bits per heavy atom. The van der Waals surface area contributed by atoms with Gasteiger partial charge in [0.25, 0.3) is 0 Å². The molecular formula is C10H15N3. The molecule has 1 N–H and O–H groups in total. The first-order valence-corrected chi connectivity index (χ1v) is 4.72. The molecule has 0 bridgehead atoms. The molecule has 1 aromatic rings. The van der Waals surface area contributed by atoms with Gasteiger partial charge in [-0.3, -0.25) is 10.4 Å². The number of rotatable bonds is 2. The zero-order chi connectivity index (χ0) is 9.10. The Morgan fingerprint density at radius 1 is 1.62 bits per heavy atom. The second kappa shape index (κ2) is 3.85. The Hall–Kier alpha value is -0.930. The molecule has 3 heteroatoms. The molecule has 1 aliphatic rings. The Kier molecular flexibility index (Phi) is 2.57. The summed E-state index contributed by atoms with van der Waals surface area (Å²) in [7, 11) is 1.98. The van der Waals surface area contributed by atoms with Crippen LogP contribution in [-0.2, 0) is 0 Å². The van der Waals surface area contributed by atoms with Gasteiger partial charge in [-0.25, -0.2) is 5.01 Å². The van der Waals surface area contributed by atoms with E-state index < -0.39 is 0 Å². The molecule has 70 valence electrons. The van der Waals surface area contributed by atoms with Gasteiger partial charge in [0.15, 0.2) is 0 Å². The van der Waals surface area contributed by atoms with Gasteiger partial charge in [-0.05, 0) is 25.1 Å². The molecule has 1 atom stereocenters. The lowest BCUT2D eigenvalue weighted by Crippen LogP contribution is -2.32. The molecule has 0 amide bonds. The van der Waals surface area contributed by atoms with Gasteiger partial charge in [0.05, 0.1) is 0 Å². The molecule has 0 unspecified atom stereocenters. The molecule has 13 heavy (non-hydrogen) atoms. The zero-order valence-electron chi connectivity index (χ0n) is 7.90. The van der Waals surface area contributed by atoms with E-state index in [0.29, 0.717) is 5.92 Å². The normalized spacial score (nSPS) is 23.6. The average molecular weight is 177 g/mol. The predicted octanol–water partition coefficient (Wildman–Crippen LogP) is 1.01. The molecule has 0 saturated carbocycles. The summed E-state index contributed by atoms with van der Waals surface area (Å²) in [5.41, 5.74) is 4.54. The largest absolute Gasteiger partial charge is 0.264 e. The standard InChI is InChI=1S/C10H15N3/c1-11-13-6-4-10(8-13)9-3-2-5-12-7-9/h2-3,5,7,10-11H,4,6,8H2,1H3/t10-/m0/s1. The van der Waals surface area contributed by atoms with Crippen molar-refractivity contribution in [2.24, 2.45) is 0 Å². The number of nitrogens with one attached hydrogen (secondary N) is 1. The lowest BCUT2D eigenvalue weighted by molar-refractivity contribution is 0.258. The van der Waals surface area contributed by atoms with E-state index in [2.05, 4.69) is 21.5 Å². The van der Waals surface area contributed by atoms with Gasteiger partial charge in [-0.15, -0.1) is 0 Å². The minimum atomic E-state index is 0.654. The van der Waals surface area contributed by atoms with Crippen molar-refractivity contribution in [3.8, 4) is 0 Å². The van der Waals surface area contributed by atoms with Crippen molar-refractivity contribution < 1.29 is 0 Å². The average Bonchev–Trinajstić information content (AvgIpc) is 2.67. The highest BCUT2D eigenvalue weighted by Crippen LogP contribution is 2.24. The maximum absolute atomic E-state index is 4.14. The summed E-state index contributed by atoms with van der Waals surface area (Å²) < 4.78 is 0. The molecule has 0 spiro atoms. The van der Waals surface area contributed by atoms with Crippen molar-refractivity contribution in [3.05, 3.63) is 30.1 Å². The van der Waals surface area contributed by atoms with Gasteiger partial charge in [0.2, 0.25) is 0 Å². The summed E-state index contributed by atoms with van der Waals surface area (Å²) in [5.74, 6) is 0.654. The van der Waals surface area contributed by atoms with Crippen LogP contribution in [0.5, 0.6) is 0 Å². The molecule has 1 aliphatic heterocycles. The summed E-state index contributed by atoms with van der Waals surface area (Å²) in [6.45, 7) is 2.23. The molecule has 1 aromatic heterocycles. The topological polar surface area (TPSA) is 28.2 Å². The third kappa shape index (κ3) is 1.87. The summed E-state index contributed by atoms with van der Waals surface area (Å²) in [6, 6.07) is 4.17. The Morgan fingerprint density at radius 2 is 2.54 bits per heavy atom. The fourth-order valence-electron chi connectivity index (χ4n) is 1.85. The van der Waals surface area contributed by atoms with Crippen LogP contribution in [0.4, 0.5) is 0 Å². The number of hydrogen-bond acceptors (Lipinski definition) is 3. The second-order valence-electron chi connectivity index (χ2n) is 3.44. The van der Waals surface area contributed by atoms with Crippen LogP contribution in [0.1, 0.15) is 17.9 Å². The first kappa shape index (κ1) is 8.66. The number of hydrogen-bond donors (Lipinski definition) is 1. The number of hydrazine groups is 1. The van der Waals surface area contributed by atoms with E-state index in [1.54, 1.807) is 0 Å². The predicted molar refractivity (Wildman–Crippen MR) is 52.2 cm³/mol. The third-order valence-corrected chi connectivity index (χ3v) is 2.66. The van der Waals surface area contributed by atoms with Crippen molar-refractivity contribution in [2.75, 3.05) is 20.1 Å². The van der Waals surface area contributed by atoms with Crippen molar-refractivity contribution >= 4 is 0 Å². The van der Waals surface area contributed by atoms with Crippen molar-refractivity contribution in [1.82, 2.24) is 15.4 Å². The highest BCUT2D eigenvalue weighted by molar-refractivity contribution is 5.16. The van der Waals surface area contributed by atoms with E-state index in [-0.39, 0.29) is 0 Å². The van der Waals surface area contributed by atoms with Crippen LogP contribution < -0.4 is 5.43 Å². The van der Waals surface area contributed by atoms with E-state index >= 15 is 0 Å². The van der Waals surface area contributed by atoms with Gasteiger partial charge in [-0.2, -0.15) is 0 Å². The van der Waals surface area contributed by atoms with Crippen LogP contribution in [0.3, 0.4) is 0 Å².